The smallest absolute Gasteiger partial charge is 0.245 e. The molecule has 0 N–H and O–H groups in total. The number of fused-ring (bicyclic) bond motifs is 1. The first-order valence-corrected chi connectivity index (χ1v) is 4.23. The molecule has 0 aliphatic rings. The third-order valence-electron chi connectivity index (χ3n) is 1.92. The number of nitrogens with zero attached hydrogens (tertiary/aromatic N) is 5. The number of aromatic nitrogens is 5. The van der Waals surface area contributed by atoms with E-state index in [1.807, 2.05) is 0 Å². The summed E-state index contributed by atoms with van der Waals surface area (Å²) >= 11 is 0. The van der Waals surface area contributed by atoms with E-state index in [-0.39, 0.29) is 10.3 Å². The van der Waals surface area contributed by atoms with Gasteiger partial charge in [-0.2, -0.15) is 17.9 Å². The molecule has 9 heteroatoms. The molecular weight excluding hydrogens is 227 g/mol. The van der Waals surface area contributed by atoms with Crippen LogP contribution in [0.3, 0.4) is 0 Å². The highest BCUT2D eigenvalue weighted by atomic mass is 19.4. The molecule has 0 radical (unpaired) electrons. The van der Waals surface area contributed by atoms with Crippen molar-refractivity contribution in [2.75, 3.05) is 0 Å². The quantitative estimate of drug-likeness (QED) is 0.703. The lowest BCUT2D eigenvalue weighted by molar-refractivity contribution is -0.144. The zero-order chi connectivity index (χ0) is 11.9. The average molecular weight is 233 g/mol. The fraction of sp³-hybridized carbons (Fsp3) is 0.429. The molecule has 0 spiro atoms. The normalized spacial score (nSPS) is 12.2. The SMILES string of the molecule is Cc1ncn2c(=O)n(CC(F)(F)F)nnc12. The van der Waals surface area contributed by atoms with Crippen molar-refractivity contribution in [1.82, 2.24) is 24.4 Å². The van der Waals surface area contributed by atoms with Gasteiger partial charge in [-0.05, 0) is 6.92 Å². The Hall–Kier alpha value is -1.93. The van der Waals surface area contributed by atoms with E-state index in [4.69, 9.17) is 0 Å². The molecule has 2 aromatic rings. The Labute approximate surface area is 86.3 Å². The summed E-state index contributed by atoms with van der Waals surface area (Å²) in [7, 11) is 0. The predicted molar refractivity (Wildman–Crippen MR) is 45.8 cm³/mol. The van der Waals surface area contributed by atoms with Gasteiger partial charge >= 0.3 is 11.9 Å². The molecular formula is C7H6F3N5O. The Morgan fingerprint density at radius 3 is 2.75 bits per heavy atom. The zero-order valence-corrected chi connectivity index (χ0v) is 8.06. The number of hydrogen-bond donors (Lipinski definition) is 0. The average Bonchev–Trinajstić information content (AvgIpc) is 2.52. The van der Waals surface area contributed by atoms with Gasteiger partial charge in [0.1, 0.15) is 12.9 Å². The van der Waals surface area contributed by atoms with Gasteiger partial charge in [0, 0.05) is 0 Å². The summed E-state index contributed by atoms with van der Waals surface area (Å²) in [6.07, 6.45) is -3.39. The topological polar surface area (TPSA) is 65.1 Å². The molecule has 0 saturated heterocycles. The summed E-state index contributed by atoms with van der Waals surface area (Å²) in [4.78, 5) is 15.3. The van der Waals surface area contributed by atoms with Crippen LogP contribution in [-0.2, 0) is 6.54 Å². The first kappa shape index (κ1) is 10.6. The van der Waals surface area contributed by atoms with Gasteiger partial charge in [0.2, 0.25) is 0 Å². The lowest BCUT2D eigenvalue weighted by atomic mass is 10.5. The van der Waals surface area contributed by atoms with Crippen LogP contribution in [0.25, 0.3) is 5.65 Å². The highest BCUT2D eigenvalue weighted by Crippen LogP contribution is 2.15. The maximum atomic E-state index is 12.1. The lowest BCUT2D eigenvalue weighted by Crippen LogP contribution is -2.34. The van der Waals surface area contributed by atoms with Crippen LogP contribution in [0.4, 0.5) is 13.2 Å². The van der Waals surface area contributed by atoms with E-state index >= 15 is 0 Å². The van der Waals surface area contributed by atoms with Crippen molar-refractivity contribution in [2.24, 2.45) is 0 Å². The number of aryl methyl sites for hydroxylation is 1. The largest absolute Gasteiger partial charge is 0.408 e. The van der Waals surface area contributed by atoms with Crippen LogP contribution in [-0.4, -0.2) is 30.6 Å². The molecule has 0 amide bonds. The first-order chi connectivity index (χ1) is 7.38. The molecule has 0 bridgehead atoms. The first-order valence-electron chi connectivity index (χ1n) is 4.23. The standard InChI is InChI=1S/C7H6F3N5O/c1-4-5-12-13-15(2-7(8,9)10)6(16)14(5)3-11-4/h3H,2H2,1H3. The molecule has 0 unspecified atom stereocenters. The van der Waals surface area contributed by atoms with Gasteiger partial charge in [0.05, 0.1) is 5.69 Å². The van der Waals surface area contributed by atoms with Crippen LogP contribution in [0.1, 0.15) is 5.69 Å². The van der Waals surface area contributed by atoms with Crippen molar-refractivity contribution < 1.29 is 13.2 Å². The fourth-order valence-corrected chi connectivity index (χ4v) is 1.22. The van der Waals surface area contributed by atoms with Gasteiger partial charge in [0.15, 0.2) is 5.65 Å². The van der Waals surface area contributed by atoms with Crippen LogP contribution in [0.15, 0.2) is 11.1 Å². The molecule has 0 saturated carbocycles. The minimum atomic E-state index is -4.51. The molecule has 0 aliphatic heterocycles. The summed E-state index contributed by atoms with van der Waals surface area (Å²) in [5.74, 6) is 0. The maximum Gasteiger partial charge on any atom is 0.408 e. The number of halogens is 3. The van der Waals surface area contributed by atoms with Gasteiger partial charge < -0.3 is 0 Å². The highest BCUT2D eigenvalue weighted by molar-refractivity contribution is 5.40. The minimum Gasteiger partial charge on any atom is -0.245 e. The molecule has 0 fully saturated rings. The van der Waals surface area contributed by atoms with Crippen molar-refractivity contribution in [3.8, 4) is 0 Å². The maximum absolute atomic E-state index is 12.1. The minimum absolute atomic E-state index is 0.156. The van der Waals surface area contributed by atoms with Crippen molar-refractivity contribution >= 4 is 5.65 Å². The second-order valence-electron chi connectivity index (χ2n) is 3.17. The van der Waals surface area contributed by atoms with Gasteiger partial charge in [-0.15, -0.1) is 5.10 Å². The summed E-state index contributed by atoms with van der Waals surface area (Å²) in [6, 6.07) is 0. The highest BCUT2D eigenvalue weighted by Gasteiger charge is 2.29. The van der Waals surface area contributed by atoms with Crippen LogP contribution in [0.5, 0.6) is 0 Å². The molecule has 0 aromatic carbocycles. The second-order valence-corrected chi connectivity index (χ2v) is 3.17. The van der Waals surface area contributed by atoms with E-state index in [0.29, 0.717) is 5.69 Å². The Morgan fingerprint density at radius 1 is 1.44 bits per heavy atom. The molecule has 6 nitrogen and oxygen atoms in total. The number of rotatable bonds is 1. The van der Waals surface area contributed by atoms with Crippen LogP contribution in [0, 0.1) is 6.92 Å². The zero-order valence-electron chi connectivity index (χ0n) is 8.06. The number of alkyl halides is 3. The van der Waals surface area contributed by atoms with E-state index in [1.54, 1.807) is 6.92 Å². The van der Waals surface area contributed by atoms with E-state index in [9.17, 15) is 18.0 Å². The Kier molecular flexibility index (Phi) is 2.17. The third kappa shape index (κ3) is 1.75. The van der Waals surface area contributed by atoms with Gasteiger partial charge in [-0.25, -0.2) is 14.2 Å². The fourth-order valence-electron chi connectivity index (χ4n) is 1.22. The monoisotopic (exact) mass is 233 g/mol. The van der Waals surface area contributed by atoms with Crippen molar-refractivity contribution in [2.45, 2.75) is 19.6 Å². The molecule has 2 heterocycles. The van der Waals surface area contributed by atoms with Gasteiger partial charge in [0.25, 0.3) is 0 Å². The van der Waals surface area contributed by atoms with E-state index in [0.717, 1.165) is 10.7 Å². The molecule has 86 valence electrons. The molecule has 2 aromatic heterocycles. The molecule has 16 heavy (non-hydrogen) atoms. The predicted octanol–water partition coefficient (Wildman–Crippen LogP) is 0.157. The Bertz CT molecular complexity index is 584. The van der Waals surface area contributed by atoms with E-state index < -0.39 is 18.4 Å². The third-order valence-corrected chi connectivity index (χ3v) is 1.92. The van der Waals surface area contributed by atoms with Crippen molar-refractivity contribution in [3.63, 3.8) is 0 Å². The summed E-state index contributed by atoms with van der Waals surface area (Å²) in [5.41, 5.74) is -0.324. The summed E-state index contributed by atoms with van der Waals surface area (Å²) in [5, 5.41) is 6.70. The van der Waals surface area contributed by atoms with Crippen LogP contribution >= 0.6 is 0 Å². The van der Waals surface area contributed by atoms with Gasteiger partial charge in [-0.3, -0.25) is 0 Å². The molecule has 2 rings (SSSR count). The van der Waals surface area contributed by atoms with Crippen molar-refractivity contribution in [1.29, 1.82) is 0 Å². The van der Waals surface area contributed by atoms with Crippen LogP contribution < -0.4 is 5.69 Å². The second kappa shape index (κ2) is 3.29. The number of hydrogen-bond acceptors (Lipinski definition) is 4. The molecule has 0 atom stereocenters. The summed E-state index contributed by atoms with van der Waals surface area (Å²) in [6.45, 7) is 0.115. The van der Waals surface area contributed by atoms with Crippen LogP contribution in [0.2, 0.25) is 0 Å². The summed E-state index contributed by atoms with van der Waals surface area (Å²) < 4.78 is 37.4. The van der Waals surface area contributed by atoms with Gasteiger partial charge in [-0.1, -0.05) is 5.21 Å². The van der Waals surface area contributed by atoms with E-state index in [2.05, 4.69) is 15.3 Å². The molecule has 0 aliphatic carbocycles. The van der Waals surface area contributed by atoms with E-state index in [1.165, 1.54) is 0 Å². The lowest BCUT2D eigenvalue weighted by Gasteiger charge is -2.06. The Balaban J connectivity index is 2.58. The Morgan fingerprint density at radius 2 is 2.12 bits per heavy atom. The number of imidazole rings is 1. The van der Waals surface area contributed by atoms with Crippen molar-refractivity contribution in [3.05, 3.63) is 22.5 Å².